The van der Waals surface area contributed by atoms with E-state index in [2.05, 4.69) is 15.2 Å². The number of aromatic nitrogens is 3. The number of fused-ring (bicyclic) bond motifs is 2. The second kappa shape index (κ2) is 3.43. The lowest BCUT2D eigenvalue weighted by Crippen LogP contribution is -1.78. The SMILES string of the molecule is c1ccc2oc(-c3cccc4[nH]ncc34)nc2c1. The van der Waals surface area contributed by atoms with E-state index in [0.717, 1.165) is 27.6 Å². The minimum absolute atomic E-state index is 0.628. The Morgan fingerprint density at radius 1 is 1.00 bits per heavy atom. The zero-order valence-corrected chi connectivity index (χ0v) is 9.42. The van der Waals surface area contributed by atoms with Gasteiger partial charge in [0.1, 0.15) is 5.52 Å². The minimum atomic E-state index is 0.628. The largest absolute Gasteiger partial charge is 0.436 e. The molecule has 4 rings (SSSR count). The number of nitrogens with one attached hydrogen (secondary N) is 1. The fourth-order valence-corrected chi connectivity index (χ4v) is 2.14. The third-order valence-corrected chi connectivity index (χ3v) is 3.01. The van der Waals surface area contributed by atoms with Crippen LogP contribution < -0.4 is 0 Å². The van der Waals surface area contributed by atoms with Gasteiger partial charge in [-0.3, -0.25) is 5.10 Å². The lowest BCUT2D eigenvalue weighted by Gasteiger charge is -1.96. The molecule has 1 N–H and O–H groups in total. The Kier molecular flexibility index (Phi) is 1.80. The maximum absolute atomic E-state index is 5.78. The summed E-state index contributed by atoms with van der Waals surface area (Å²) in [6.45, 7) is 0. The van der Waals surface area contributed by atoms with Gasteiger partial charge in [-0.2, -0.15) is 5.10 Å². The molecule has 2 aromatic heterocycles. The Hall–Kier alpha value is -2.62. The van der Waals surface area contributed by atoms with Crippen molar-refractivity contribution < 1.29 is 4.42 Å². The first-order valence-corrected chi connectivity index (χ1v) is 5.70. The van der Waals surface area contributed by atoms with E-state index in [4.69, 9.17) is 4.42 Å². The highest BCUT2D eigenvalue weighted by molar-refractivity contribution is 5.93. The van der Waals surface area contributed by atoms with Crippen LogP contribution in [0.15, 0.2) is 53.1 Å². The van der Waals surface area contributed by atoms with Crippen LogP contribution in [0.1, 0.15) is 0 Å². The molecule has 0 fully saturated rings. The average Bonchev–Trinajstić information content (AvgIpc) is 3.04. The Balaban J connectivity index is 2.04. The monoisotopic (exact) mass is 235 g/mol. The molecular weight excluding hydrogens is 226 g/mol. The molecule has 0 saturated carbocycles. The fraction of sp³-hybridized carbons (Fsp3) is 0. The van der Waals surface area contributed by atoms with E-state index in [0.29, 0.717) is 5.89 Å². The van der Waals surface area contributed by atoms with Gasteiger partial charge < -0.3 is 4.42 Å². The molecule has 0 aliphatic carbocycles. The molecule has 4 aromatic rings. The van der Waals surface area contributed by atoms with Gasteiger partial charge in [0, 0.05) is 10.9 Å². The number of rotatable bonds is 1. The molecule has 0 unspecified atom stereocenters. The molecule has 0 amide bonds. The van der Waals surface area contributed by atoms with Crippen LogP contribution in [0.5, 0.6) is 0 Å². The maximum Gasteiger partial charge on any atom is 0.228 e. The zero-order chi connectivity index (χ0) is 11.9. The quantitative estimate of drug-likeness (QED) is 0.550. The van der Waals surface area contributed by atoms with Crippen LogP contribution in [0.4, 0.5) is 0 Å². The summed E-state index contributed by atoms with van der Waals surface area (Å²) in [5.41, 5.74) is 3.60. The molecule has 4 heteroatoms. The summed E-state index contributed by atoms with van der Waals surface area (Å²) in [5, 5.41) is 8.01. The number of benzene rings is 2. The Labute approximate surface area is 102 Å². The van der Waals surface area contributed by atoms with Crippen molar-refractivity contribution in [1.29, 1.82) is 0 Å². The molecule has 0 aliphatic heterocycles. The first-order valence-electron chi connectivity index (χ1n) is 5.70. The maximum atomic E-state index is 5.78. The summed E-state index contributed by atoms with van der Waals surface area (Å²) in [5.74, 6) is 0.628. The highest BCUT2D eigenvalue weighted by atomic mass is 16.3. The second-order valence-corrected chi connectivity index (χ2v) is 4.12. The van der Waals surface area contributed by atoms with Crippen LogP contribution >= 0.6 is 0 Å². The normalized spacial score (nSPS) is 11.3. The lowest BCUT2D eigenvalue weighted by molar-refractivity contribution is 0.620. The van der Waals surface area contributed by atoms with Crippen molar-refractivity contribution in [2.75, 3.05) is 0 Å². The Bertz CT molecular complexity index is 811. The van der Waals surface area contributed by atoms with Crippen molar-refractivity contribution in [2.24, 2.45) is 0 Å². The first kappa shape index (κ1) is 9.41. The van der Waals surface area contributed by atoms with Gasteiger partial charge in [-0.25, -0.2) is 4.98 Å². The van der Waals surface area contributed by atoms with E-state index in [1.807, 2.05) is 42.5 Å². The summed E-state index contributed by atoms with van der Waals surface area (Å²) in [7, 11) is 0. The molecule has 0 radical (unpaired) electrons. The van der Waals surface area contributed by atoms with Crippen LogP contribution in [0.25, 0.3) is 33.5 Å². The predicted molar refractivity (Wildman–Crippen MR) is 69.1 cm³/mol. The van der Waals surface area contributed by atoms with Crippen molar-refractivity contribution in [3.63, 3.8) is 0 Å². The minimum Gasteiger partial charge on any atom is -0.436 e. The van der Waals surface area contributed by atoms with Gasteiger partial charge in [-0.1, -0.05) is 18.2 Å². The van der Waals surface area contributed by atoms with Crippen LogP contribution in [0.2, 0.25) is 0 Å². The summed E-state index contributed by atoms with van der Waals surface area (Å²) in [4.78, 5) is 4.50. The number of aromatic amines is 1. The number of oxazole rings is 1. The molecule has 4 nitrogen and oxygen atoms in total. The van der Waals surface area contributed by atoms with Crippen LogP contribution in [-0.2, 0) is 0 Å². The van der Waals surface area contributed by atoms with Crippen LogP contribution in [-0.4, -0.2) is 15.2 Å². The average molecular weight is 235 g/mol. The van der Waals surface area contributed by atoms with E-state index >= 15 is 0 Å². The summed E-state index contributed by atoms with van der Waals surface area (Å²) in [6.07, 6.45) is 1.79. The Morgan fingerprint density at radius 3 is 2.89 bits per heavy atom. The van der Waals surface area contributed by atoms with E-state index in [-0.39, 0.29) is 0 Å². The van der Waals surface area contributed by atoms with Crippen molar-refractivity contribution >= 4 is 22.0 Å². The van der Waals surface area contributed by atoms with Crippen molar-refractivity contribution in [3.8, 4) is 11.5 Å². The molecule has 86 valence electrons. The van der Waals surface area contributed by atoms with Crippen LogP contribution in [0.3, 0.4) is 0 Å². The van der Waals surface area contributed by atoms with E-state index in [1.54, 1.807) is 6.20 Å². The van der Waals surface area contributed by atoms with Gasteiger partial charge >= 0.3 is 0 Å². The summed E-state index contributed by atoms with van der Waals surface area (Å²) in [6, 6.07) is 13.7. The fourth-order valence-electron chi connectivity index (χ4n) is 2.14. The first-order chi connectivity index (χ1) is 8.92. The molecule has 0 saturated heterocycles. The lowest BCUT2D eigenvalue weighted by atomic mass is 10.1. The van der Waals surface area contributed by atoms with Crippen molar-refractivity contribution in [3.05, 3.63) is 48.7 Å². The second-order valence-electron chi connectivity index (χ2n) is 4.12. The molecule has 0 spiro atoms. The number of nitrogens with zero attached hydrogens (tertiary/aromatic N) is 2. The van der Waals surface area contributed by atoms with E-state index in [1.165, 1.54) is 0 Å². The highest BCUT2D eigenvalue weighted by Crippen LogP contribution is 2.29. The Morgan fingerprint density at radius 2 is 1.94 bits per heavy atom. The molecular formula is C14H9N3O. The standard InChI is InChI=1S/C14H9N3O/c1-2-7-13-12(5-1)16-14(18-13)9-4-3-6-11-10(9)8-15-17-11/h1-8H,(H,15,17). The smallest absolute Gasteiger partial charge is 0.228 e. The van der Waals surface area contributed by atoms with Gasteiger partial charge in [-0.05, 0) is 24.3 Å². The van der Waals surface area contributed by atoms with Gasteiger partial charge in [0.15, 0.2) is 5.58 Å². The van der Waals surface area contributed by atoms with Crippen LogP contribution in [0, 0.1) is 0 Å². The predicted octanol–water partition coefficient (Wildman–Crippen LogP) is 3.37. The van der Waals surface area contributed by atoms with E-state index in [9.17, 15) is 0 Å². The van der Waals surface area contributed by atoms with Gasteiger partial charge in [-0.15, -0.1) is 0 Å². The summed E-state index contributed by atoms with van der Waals surface area (Å²) >= 11 is 0. The number of para-hydroxylation sites is 2. The molecule has 18 heavy (non-hydrogen) atoms. The number of H-pyrrole nitrogens is 1. The molecule has 0 bridgehead atoms. The summed E-state index contributed by atoms with van der Waals surface area (Å²) < 4.78 is 5.78. The third-order valence-electron chi connectivity index (χ3n) is 3.01. The number of hydrogen-bond acceptors (Lipinski definition) is 3. The van der Waals surface area contributed by atoms with Crippen molar-refractivity contribution in [1.82, 2.24) is 15.2 Å². The molecule has 2 heterocycles. The topological polar surface area (TPSA) is 54.7 Å². The number of hydrogen-bond donors (Lipinski definition) is 1. The van der Waals surface area contributed by atoms with E-state index < -0.39 is 0 Å². The third kappa shape index (κ3) is 1.26. The van der Waals surface area contributed by atoms with Gasteiger partial charge in [0.05, 0.1) is 11.7 Å². The molecule has 0 aliphatic rings. The molecule has 2 aromatic carbocycles. The molecule has 0 atom stereocenters. The highest BCUT2D eigenvalue weighted by Gasteiger charge is 2.11. The van der Waals surface area contributed by atoms with Gasteiger partial charge in [0.2, 0.25) is 5.89 Å². The zero-order valence-electron chi connectivity index (χ0n) is 9.42. The van der Waals surface area contributed by atoms with Crippen molar-refractivity contribution in [2.45, 2.75) is 0 Å². The van der Waals surface area contributed by atoms with Gasteiger partial charge in [0.25, 0.3) is 0 Å².